The molecular weight excluding hydrogens is 495 g/mol. The summed E-state index contributed by atoms with van der Waals surface area (Å²) in [5.74, 6) is 1.59. The summed E-state index contributed by atoms with van der Waals surface area (Å²) in [4.78, 5) is 26.3. The third-order valence-electron chi connectivity index (χ3n) is 6.10. The lowest BCUT2D eigenvalue weighted by molar-refractivity contribution is 0.0137. The third kappa shape index (κ3) is 6.59. The highest BCUT2D eigenvalue weighted by molar-refractivity contribution is 14.0. The first-order chi connectivity index (χ1) is 13.6. The Hall–Kier alpha value is -0.810. The van der Waals surface area contributed by atoms with Crippen LogP contribution < -0.4 is 5.32 Å². The monoisotopic (exact) mass is 536 g/mol. The zero-order chi connectivity index (χ0) is 21.2. The van der Waals surface area contributed by atoms with Gasteiger partial charge in [0.25, 0.3) is 0 Å². The fourth-order valence-electron chi connectivity index (χ4n) is 4.36. The number of guanidine groups is 1. The number of aliphatic imine (C=N–C) groups is 1. The number of amides is 1. The molecule has 8 nitrogen and oxygen atoms in total. The topological polar surface area (TPSA) is 63.7 Å². The number of nitrogens with zero attached hydrogens (tertiary/aromatic N) is 5. The van der Waals surface area contributed by atoms with Gasteiger partial charge in [-0.25, -0.2) is 4.79 Å². The molecule has 0 bridgehead atoms. The molecule has 1 amide bonds. The van der Waals surface area contributed by atoms with Gasteiger partial charge in [0.15, 0.2) is 5.96 Å². The standard InChI is InChI=1S/C21H40N6O2.HI/c1-16(2)18(25-9-7-24(6)8-10-25)14-23-19-22-13-17-15-26(11-12-27(17)19)20(28)29-21(3,4)5;/h16-18H,7-15H2,1-6H3,(H,22,23);1H. The molecule has 0 saturated carbocycles. The first kappa shape index (κ1) is 25.5. The van der Waals surface area contributed by atoms with E-state index in [2.05, 4.69) is 40.9 Å². The van der Waals surface area contributed by atoms with Crippen LogP contribution >= 0.6 is 24.0 Å². The van der Waals surface area contributed by atoms with E-state index in [0.29, 0.717) is 25.0 Å². The van der Waals surface area contributed by atoms with Crippen LogP contribution in [0.4, 0.5) is 4.79 Å². The van der Waals surface area contributed by atoms with Crippen molar-refractivity contribution >= 4 is 36.0 Å². The molecule has 174 valence electrons. The van der Waals surface area contributed by atoms with Crippen LogP contribution in [0.2, 0.25) is 0 Å². The molecule has 0 spiro atoms. The molecule has 0 aromatic heterocycles. The van der Waals surface area contributed by atoms with E-state index in [-0.39, 0.29) is 36.1 Å². The van der Waals surface area contributed by atoms with Crippen molar-refractivity contribution in [3.05, 3.63) is 0 Å². The number of carbonyl (C=O) groups is 1. The number of piperazine rings is 2. The van der Waals surface area contributed by atoms with Crippen molar-refractivity contribution in [2.24, 2.45) is 10.9 Å². The third-order valence-corrected chi connectivity index (χ3v) is 6.10. The molecule has 3 rings (SSSR count). The van der Waals surface area contributed by atoms with Gasteiger partial charge in [-0.1, -0.05) is 13.8 Å². The summed E-state index contributed by atoms with van der Waals surface area (Å²) in [6.07, 6.45) is -0.214. The summed E-state index contributed by atoms with van der Waals surface area (Å²) in [7, 11) is 2.20. The van der Waals surface area contributed by atoms with Gasteiger partial charge < -0.3 is 24.8 Å². The van der Waals surface area contributed by atoms with E-state index in [9.17, 15) is 4.79 Å². The van der Waals surface area contributed by atoms with Crippen molar-refractivity contribution in [2.45, 2.75) is 52.3 Å². The van der Waals surface area contributed by atoms with Crippen molar-refractivity contribution in [1.82, 2.24) is 24.9 Å². The molecule has 1 N–H and O–H groups in total. The van der Waals surface area contributed by atoms with Crippen molar-refractivity contribution < 1.29 is 9.53 Å². The Labute approximate surface area is 199 Å². The Bertz CT molecular complexity index is 601. The van der Waals surface area contributed by atoms with E-state index in [4.69, 9.17) is 9.73 Å². The molecule has 3 aliphatic rings. The number of hydrogen-bond donors (Lipinski definition) is 1. The maximum atomic E-state index is 12.4. The quantitative estimate of drug-likeness (QED) is 0.553. The summed E-state index contributed by atoms with van der Waals surface area (Å²) in [6.45, 7) is 18.7. The minimum Gasteiger partial charge on any atom is -0.444 e. The van der Waals surface area contributed by atoms with Crippen LogP contribution in [-0.2, 0) is 4.74 Å². The zero-order valence-corrected chi connectivity index (χ0v) is 21.9. The van der Waals surface area contributed by atoms with Gasteiger partial charge in [0, 0.05) is 58.4 Å². The highest BCUT2D eigenvalue weighted by Crippen LogP contribution is 2.19. The number of nitrogens with one attached hydrogen (secondary N) is 1. The SMILES string of the molecule is CC(C)C(CNC1=NCC2CN(C(=O)OC(C)(C)C)CCN12)N1CCN(C)CC1.I. The Kier molecular flexibility index (Phi) is 9.05. The molecule has 0 radical (unpaired) electrons. The number of likely N-dealkylation sites (N-methyl/N-ethyl adjacent to an activating group) is 1. The molecule has 0 aromatic carbocycles. The van der Waals surface area contributed by atoms with Crippen LogP contribution in [0.15, 0.2) is 4.99 Å². The van der Waals surface area contributed by atoms with Crippen LogP contribution in [0.25, 0.3) is 0 Å². The molecular formula is C21H41IN6O2. The van der Waals surface area contributed by atoms with Crippen LogP contribution in [-0.4, -0.2) is 115 Å². The molecule has 3 heterocycles. The van der Waals surface area contributed by atoms with Crippen molar-refractivity contribution in [2.75, 3.05) is 66.0 Å². The van der Waals surface area contributed by atoms with Gasteiger partial charge in [-0.15, -0.1) is 24.0 Å². The largest absolute Gasteiger partial charge is 0.444 e. The lowest BCUT2D eigenvalue weighted by Gasteiger charge is -2.41. The van der Waals surface area contributed by atoms with E-state index in [0.717, 1.165) is 51.8 Å². The number of rotatable bonds is 4. The second kappa shape index (κ2) is 10.7. The van der Waals surface area contributed by atoms with Crippen LogP contribution in [0.3, 0.4) is 0 Å². The van der Waals surface area contributed by atoms with E-state index >= 15 is 0 Å². The molecule has 2 atom stereocenters. The molecule has 2 fully saturated rings. The van der Waals surface area contributed by atoms with Gasteiger partial charge in [-0.05, 0) is 33.7 Å². The number of carbonyl (C=O) groups excluding carboxylic acids is 1. The van der Waals surface area contributed by atoms with E-state index in [1.807, 2.05) is 25.7 Å². The highest BCUT2D eigenvalue weighted by atomic mass is 127. The normalized spacial score (nSPS) is 24.2. The minimum atomic E-state index is -0.456. The summed E-state index contributed by atoms with van der Waals surface area (Å²) in [6, 6.07) is 0.758. The fraction of sp³-hybridized carbons (Fsp3) is 0.905. The predicted octanol–water partition coefficient (Wildman–Crippen LogP) is 1.76. The molecule has 0 aromatic rings. The summed E-state index contributed by atoms with van der Waals surface area (Å²) < 4.78 is 5.54. The highest BCUT2D eigenvalue weighted by Gasteiger charge is 2.37. The summed E-state index contributed by atoms with van der Waals surface area (Å²) >= 11 is 0. The lowest BCUT2D eigenvalue weighted by Crippen LogP contribution is -2.59. The Morgan fingerprint density at radius 2 is 1.83 bits per heavy atom. The maximum Gasteiger partial charge on any atom is 0.410 e. The molecule has 30 heavy (non-hydrogen) atoms. The van der Waals surface area contributed by atoms with Crippen LogP contribution in [0, 0.1) is 5.92 Å². The molecule has 2 saturated heterocycles. The van der Waals surface area contributed by atoms with Crippen LogP contribution in [0.1, 0.15) is 34.6 Å². The molecule has 3 aliphatic heterocycles. The van der Waals surface area contributed by atoms with E-state index in [1.54, 1.807) is 0 Å². The zero-order valence-electron chi connectivity index (χ0n) is 19.6. The van der Waals surface area contributed by atoms with Gasteiger partial charge in [0.2, 0.25) is 0 Å². The second-order valence-corrected chi connectivity index (χ2v) is 9.97. The Balaban J connectivity index is 0.00000320. The van der Waals surface area contributed by atoms with Crippen LogP contribution in [0.5, 0.6) is 0 Å². The fourth-order valence-corrected chi connectivity index (χ4v) is 4.36. The summed E-state index contributed by atoms with van der Waals surface area (Å²) in [5, 5.41) is 3.64. The Morgan fingerprint density at radius 3 is 2.43 bits per heavy atom. The smallest absolute Gasteiger partial charge is 0.410 e. The average Bonchev–Trinajstić information content (AvgIpc) is 3.04. The van der Waals surface area contributed by atoms with Crippen molar-refractivity contribution in [1.29, 1.82) is 0 Å². The van der Waals surface area contributed by atoms with Crippen molar-refractivity contribution in [3.8, 4) is 0 Å². The molecule has 0 aliphatic carbocycles. The van der Waals surface area contributed by atoms with Gasteiger partial charge in [0.05, 0.1) is 12.6 Å². The van der Waals surface area contributed by atoms with E-state index in [1.165, 1.54) is 0 Å². The molecule has 2 unspecified atom stereocenters. The maximum absolute atomic E-state index is 12.4. The van der Waals surface area contributed by atoms with Gasteiger partial charge in [-0.3, -0.25) is 9.89 Å². The number of hydrogen-bond acceptors (Lipinski definition) is 7. The first-order valence-electron chi connectivity index (χ1n) is 11.1. The first-order valence-corrected chi connectivity index (χ1v) is 11.1. The van der Waals surface area contributed by atoms with E-state index < -0.39 is 5.60 Å². The molecule has 9 heteroatoms. The van der Waals surface area contributed by atoms with Gasteiger partial charge in [-0.2, -0.15) is 0 Å². The lowest BCUT2D eigenvalue weighted by atomic mass is 10.0. The number of fused-ring (bicyclic) bond motifs is 1. The van der Waals surface area contributed by atoms with Crippen molar-refractivity contribution in [3.63, 3.8) is 0 Å². The summed E-state index contributed by atoms with van der Waals surface area (Å²) in [5.41, 5.74) is -0.456. The average molecular weight is 537 g/mol. The predicted molar refractivity (Wildman–Crippen MR) is 132 cm³/mol. The minimum absolute atomic E-state index is 0. The van der Waals surface area contributed by atoms with Gasteiger partial charge in [0.1, 0.15) is 5.60 Å². The Morgan fingerprint density at radius 1 is 1.17 bits per heavy atom. The number of ether oxygens (including phenoxy) is 1. The second-order valence-electron chi connectivity index (χ2n) is 9.97. The number of halogens is 1. The van der Waals surface area contributed by atoms with Gasteiger partial charge >= 0.3 is 6.09 Å².